The summed E-state index contributed by atoms with van der Waals surface area (Å²) >= 11 is 0. The van der Waals surface area contributed by atoms with E-state index in [-0.39, 0.29) is 12.6 Å². The highest BCUT2D eigenvalue weighted by atomic mass is 16.4. The number of likely N-dealkylation sites (tertiary alicyclic amines) is 1. The minimum absolute atomic E-state index is 0.0728. The quantitative estimate of drug-likeness (QED) is 0.837. The van der Waals surface area contributed by atoms with Crippen molar-refractivity contribution in [2.75, 3.05) is 19.6 Å². The van der Waals surface area contributed by atoms with Gasteiger partial charge in [0.25, 0.3) is 0 Å². The summed E-state index contributed by atoms with van der Waals surface area (Å²) in [5.74, 6) is 0.0572. The molecule has 1 unspecified atom stereocenters. The molecule has 1 atom stereocenters. The molecule has 1 fully saturated rings. The molecule has 0 spiro atoms. The van der Waals surface area contributed by atoms with E-state index in [1.807, 2.05) is 10.8 Å². The first-order valence-corrected chi connectivity index (χ1v) is 7.27. The van der Waals surface area contributed by atoms with Crippen LogP contribution in [0.4, 0.5) is 4.79 Å². The molecule has 0 aromatic carbocycles. The van der Waals surface area contributed by atoms with Gasteiger partial charge in [-0.2, -0.15) is 0 Å². The first kappa shape index (κ1) is 13.9. The van der Waals surface area contributed by atoms with Crippen LogP contribution in [-0.4, -0.2) is 56.1 Å². The average Bonchev–Trinajstić information content (AvgIpc) is 2.93. The van der Waals surface area contributed by atoms with Gasteiger partial charge in [-0.1, -0.05) is 0 Å². The number of carboxylic acid groups (broad SMARTS) is 1. The zero-order valence-electron chi connectivity index (χ0n) is 12.2. The second-order valence-electron chi connectivity index (χ2n) is 6.13. The van der Waals surface area contributed by atoms with Crippen molar-refractivity contribution in [3.63, 3.8) is 0 Å². The molecule has 3 heterocycles. The molecule has 2 aliphatic rings. The number of hydrogen-bond acceptors (Lipinski definition) is 3. The van der Waals surface area contributed by atoms with Crippen LogP contribution >= 0.6 is 0 Å². The molecule has 2 amide bonds. The van der Waals surface area contributed by atoms with Crippen LogP contribution in [0.15, 0.2) is 12.4 Å². The van der Waals surface area contributed by atoms with E-state index in [4.69, 9.17) is 0 Å². The minimum Gasteiger partial charge on any atom is -0.481 e. The molecule has 0 aliphatic carbocycles. The lowest BCUT2D eigenvalue weighted by Crippen LogP contribution is -2.53. The van der Waals surface area contributed by atoms with Gasteiger partial charge in [0.15, 0.2) is 0 Å². The summed E-state index contributed by atoms with van der Waals surface area (Å²) in [6.45, 7) is 4.51. The summed E-state index contributed by atoms with van der Waals surface area (Å²) in [5, 5.41) is 9.34. The molecule has 1 aromatic rings. The van der Waals surface area contributed by atoms with E-state index in [0.717, 1.165) is 18.8 Å². The number of aromatic nitrogens is 2. The SMILES string of the molecule is CC1(C(=O)O)CCCN(C(=O)N2CCn3ccnc3C2)C1. The molecule has 21 heavy (non-hydrogen) atoms. The summed E-state index contributed by atoms with van der Waals surface area (Å²) in [4.78, 5) is 31.7. The fraction of sp³-hybridized carbons (Fsp3) is 0.643. The Morgan fingerprint density at radius 3 is 2.86 bits per heavy atom. The summed E-state index contributed by atoms with van der Waals surface area (Å²) in [7, 11) is 0. The van der Waals surface area contributed by atoms with E-state index in [2.05, 4.69) is 4.98 Å². The van der Waals surface area contributed by atoms with Crippen molar-refractivity contribution in [1.29, 1.82) is 0 Å². The Balaban J connectivity index is 1.70. The van der Waals surface area contributed by atoms with Crippen LogP contribution in [0.2, 0.25) is 0 Å². The van der Waals surface area contributed by atoms with Gasteiger partial charge in [0.2, 0.25) is 0 Å². The number of aliphatic carboxylic acids is 1. The van der Waals surface area contributed by atoms with Crippen LogP contribution in [0.3, 0.4) is 0 Å². The van der Waals surface area contributed by atoms with Crippen LogP contribution in [0.1, 0.15) is 25.6 Å². The van der Waals surface area contributed by atoms with Gasteiger partial charge in [-0.3, -0.25) is 4.79 Å². The maximum atomic E-state index is 12.6. The van der Waals surface area contributed by atoms with Crippen molar-refractivity contribution >= 4 is 12.0 Å². The minimum atomic E-state index is -0.831. The first-order chi connectivity index (χ1) is 9.99. The van der Waals surface area contributed by atoms with Gasteiger partial charge in [-0.25, -0.2) is 9.78 Å². The first-order valence-electron chi connectivity index (χ1n) is 7.27. The molecule has 0 bridgehead atoms. The van der Waals surface area contributed by atoms with Crippen LogP contribution < -0.4 is 0 Å². The van der Waals surface area contributed by atoms with Gasteiger partial charge < -0.3 is 19.5 Å². The Morgan fingerprint density at radius 2 is 2.10 bits per heavy atom. The lowest BCUT2D eigenvalue weighted by atomic mass is 9.82. The predicted molar refractivity (Wildman–Crippen MR) is 74.6 cm³/mol. The number of carboxylic acids is 1. The second-order valence-corrected chi connectivity index (χ2v) is 6.13. The number of piperidine rings is 1. The molecule has 2 aliphatic heterocycles. The van der Waals surface area contributed by atoms with E-state index in [9.17, 15) is 14.7 Å². The lowest BCUT2D eigenvalue weighted by molar-refractivity contribution is -0.150. The highest BCUT2D eigenvalue weighted by molar-refractivity contribution is 5.78. The third kappa shape index (κ3) is 2.48. The average molecular weight is 292 g/mol. The Kier molecular flexibility index (Phi) is 3.35. The number of carbonyl (C=O) groups excluding carboxylic acids is 1. The number of hydrogen-bond donors (Lipinski definition) is 1. The normalized spacial score (nSPS) is 25.6. The summed E-state index contributed by atoms with van der Waals surface area (Å²) < 4.78 is 2.04. The molecule has 7 nitrogen and oxygen atoms in total. The zero-order valence-corrected chi connectivity index (χ0v) is 12.2. The van der Waals surface area contributed by atoms with E-state index in [0.29, 0.717) is 26.1 Å². The number of urea groups is 1. The molecule has 3 rings (SSSR count). The maximum Gasteiger partial charge on any atom is 0.320 e. The van der Waals surface area contributed by atoms with Gasteiger partial charge in [0, 0.05) is 38.6 Å². The van der Waals surface area contributed by atoms with E-state index in [1.54, 1.807) is 22.9 Å². The fourth-order valence-electron chi connectivity index (χ4n) is 3.11. The van der Waals surface area contributed by atoms with Crippen LogP contribution in [-0.2, 0) is 17.9 Å². The number of carbonyl (C=O) groups is 2. The number of fused-ring (bicyclic) bond motifs is 1. The van der Waals surface area contributed by atoms with Crippen molar-refractivity contribution in [1.82, 2.24) is 19.4 Å². The van der Waals surface area contributed by atoms with Crippen LogP contribution in [0, 0.1) is 5.41 Å². The zero-order chi connectivity index (χ0) is 15.0. The Morgan fingerprint density at radius 1 is 1.29 bits per heavy atom. The van der Waals surface area contributed by atoms with Gasteiger partial charge in [-0.05, 0) is 19.8 Å². The molecule has 1 saturated heterocycles. The van der Waals surface area contributed by atoms with Crippen molar-refractivity contribution in [3.8, 4) is 0 Å². The number of amides is 2. The van der Waals surface area contributed by atoms with Crippen molar-refractivity contribution in [2.45, 2.75) is 32.9 Å². The van der Waals surface area contributed by atoms with E-state index in [1.165, 1.54) is 0 Å². The molecular formula is C14H20N4O3. The van der Waals surface area contributed by atoms with Crippen molar-refractivity contribution in [3.05, 3.63) is 18.2 Å². The molecule has 1 N–H and O–H groups in total. The Labute approximate surface area is 123 Å². The second kappa shape index (κ2) is 5.05. The molecule has 0 radical (unpaired) electrons. The summed E-state index contributed by atoms with van der Waals surface area (Å²) in [5.41, 5.74) is -0.831. The molecule has 7 heteroatoms. The topological polar surface area (TPSA) is 78.7 Å². The summed E-state index contributed by atoms with van der Waals surface area (Å²) in [6.07, 6.45) is 5.01. The van der Waals surface area contributed by atoms with Crippen LogP contribution in [0.5, 0.6) is 0 Å². The Bertz CT molecular complexity index is 570. The smallest absolute Gasteiger partial charge is 0.320 e. The molecular weight excluding hydrogens is 272 g/mol. The van der Waals surface area contributed by atoms with Gasteiger partial charge >= 0.3 is 12.0 Å². The third-order valence-electron chi connectivity index (χ3n) is 4.50. The summed E-state index contributed by atoms with van der Waals surface area (Å²) in [6, 6.07) is -0.0728. The predicted octanol–water partition coefficient (Wildman–Crippen LogP) is 1.01. The van der Waals surface area contributed by atoms with Gasteiger partial charge in [0.05, 0.1) is 12.0 Å². The lowest BCUT2D eigenvalue weighted by Gasteiger charge is -2.40. The van der Waals surface area contributed by atoms with Gasteiger partial charge in [0.1, 0.15) is 5.82 Å². The van der Waals surface area contributed by atoms with E-state index >= 15 is 0 Å². The highest BCUT2D eigenvalue weighted by Crippen LogP contribution is 2.30. The maximum absolute atomic E-state index is 12.6. The molecule has 0 saturated carbocycles. The van der Waals surface area contributed by atoms with Gasteiger partial charge in [-0.15, -0.1) is 0 Å². The standard InChI is InChI=1S/C14H20N4O3/c1-14(12(19)20)3-2-5-18(10-14)13(21)17-8-7-16-6-4-15-11(16)9-17/h4,6H,2-3,5,7-10H2,1H3,(H,19,20). The molecule has 114 valence electrons. The van der Waals surface area contributed by atoms with Crippen molar-refractivity contribution in [2.24, 2.45) is 5.41 Å². The third-order valence-corrected chi connectivity index (χ3v) is 4.50. The number of rotatable bonds is 1. The van der Waals surface area contributed by atoms with Crippen molar-refractivity contribution < 1.29 is 14.7 Å². The number of imidazole rings is 1. The monoisotopic (exact) mass is 292 g/mol. The van der Waals surface area contributed by atoms with Crippen LogP contribution in [0.25, 0.3) is 0 Å². The fourth-order valence-corrected chi connectivity index (χ4v) is 3.11. The molecule has 1 aromatic heterocycles. The number of nitrogens with zero attached hydrogens (tertiary/aromatic N) is 4. The largest absolute Gasteiger partial charge is 0.481 e. The highest BCUT2D eigenvalue weighted by Gasteiger charge is 2.40. The van der Waals surface area contributed by atoms with E-state index < -0.39 is 11.4 Å². The Hall–Kier alpha value is -2.05.